The second-order valence-electron chi connectivity index (χ2n) is 6.26. The predicted octanol–water partition coefficient (Wildman–Crippen LogP) is 3.46. The van der Waals surface area contributed by atoms with E-state index < -0.39 is 5.97 Å². The number of aryl methyl sites for hydroxylation is 1. The molecule has 1 aliphatic rings. The highest BCUT2D eigenvalue weighted by Gasteiger charge is 2.26. The van der Waals surface area contributed by atoms with Crippen molar-refractivity contribution < 1.29 is 19.1 Å². The van der Waals surface area contributed by atoms with Crippen LogP contribution in [0.1, 0.15) is 45.7 Å². The molecule has 0 saturated carbocycles. The number of amides is 1. The predicted molar refractivity (Wildman–Crippen MR) is 89.1 cm³/mol. The summed E-state index contributed by atoms with van der Waals surface area (Å²) < 4.78 is 5.10. The van der Waals surface area contributed by atoms with Crippen molar-refractivity contribution in [3.63, 3.8) is 0 Å². The van der Waals surface area contributed by atoms with Gasteiger partial charge in [0.1, 0.15) is 6.26 Å². The Balaban J connectivity index is 1.49. The number of carboxylic acids is 1. The Hall–Kier alpha value is -2.56. The van der Waals surface area contributed by atoms with Gasteiger partial charge in [0.15, 0.2) is 5.76 Å². The molecule has 2 aromatic rings. The molecule has 1 N–H and O–H groups in total. The maximum atomic E-state index is 12.4. The van der Waals surface area contributed by atoms with Gasteiger partial charge in [-0.3, -0.25) is 4.79 Å². The van der Waals surface area contributed by atoms with Gasteiger partial charge in [-0.15, -0.1) is 0 Å². The molecule has 0 atom stereocenters. The zero-order chi connectivity index (χ0) is 16.9. The van der Waals surface area contributed by atoms with Gasteiger partial charge >= 0.3 is 5.97 Å². The van der Waals surface area contributed by atoms with Crippen molar-refractivity contribution in [1.82, 2.24) is 4.90 Å². The molecular formula is C19H21NO4. The lowest BCUT2D eigenvalue weighted by molar-refractivity contribution is 0.0653. The molecule has 1 fully saturated rings. The second kappa shape index (κ2) is 7.34. The Kier molecular flexibility index (Phi) is 4.99. The van der Waals surface area contributed by atoms with Gasteiger partial charge in [-0.25, -0.2) is 4.79 Å². The quantitative estimate of drug-likeness (QED) is 0.913. The normalized spacial score (nSPS) is 15.4. The second-order valence-corrected chi connectivity index (χ2v) is 6.26. The van der Waals surface area contributed by atoms with Crippen LogP contribution < -0.4 is 0 Å². The minimum Gasteiger partial charge on any atom is -0.478 e. The molecule has 0 radical (unpaired) electrons. The van der Waals surface area contributed by atoms with Crippen molar-refractivity contribution in [2.75, 3.05) is 13.1 Å². The molecule has 5 nitrogen and oxygen atoms in total. The molecule has 0 bridgehead atoms. The molecule has 1 saturated heterocycles. The lowest BCUT2D eigenvalue weighted by Crippen LogP contribution is -2.38. The van der Waals surface area contributed by atoms with E-state index in [2.05, 4.69) is 24.3 Å². The van der Waals surface area contributed by atoms with Crippen LogP contribution in [-0.2, 0) is 6.42 Å². The third kappa shape index (κ3) is 3.85. The van der Waals surface area contributed by atoms with Gasteiger partial charge in [0, 0.05) is 19.2 Å². The molecule has 1 aromatic heterocycles. The molecule has 1 amide bonds. The number of aromatic carboxylic acids is 1. The van der Waals surface area contributed by atoms with Gasteiger partial charge in [0.05, 0.1) is 5.56 Å². The lowest BCUT2D eigenvalue weighted by atomic mass is 9.90. The summed E-state index contributed by atoms with van der Waals surface area (Å²) in [6.45, 7) is 1.39. The first-order valence-electron chi connectivity index (χ1n) is 8.28. The molecule has 1 aliphatic heterocycles. The van der Waals surface area contributed by atoms with E-state index in [0.29, 0.717) is 19.0 Å². The number of hydrogen-bond acceptors (Lipinski definition) is 3. The molecular weight excluding hydrogens is 306 g/mol. The van der Waals surface area contributed by atoms with Gasteiger partial charge in [-0.05, 0) is 37.2 Å². The molecule has 0 spiro atoms. The maximum absolute atomic E-state index is 12.4. The van der Waals surface area contributed by atoms with Gasteiger partial charge in [-0.2, -0.15) is 0 Å². The van der Waals surface area contributed by atoms with Crippen molar-refractivity contribution in [1.29, 1.82) is 0 Å². The Morgan fingerprint density at radius 2 is 1.88 bits per heavy atom. The van der Waals surface area contributed by atoms with Gasteiger partial charge < -0.3 is 14.4 Å². The minimum atomic E-state index is -1.09. The number of hydrogen-bond donors (Lipinski definition) is 1. The maximum Gasteiger partial charge on any atom is 0.338 e. The molecule has 24 heavy (non-hydrogen) atoms. The molecule has 0 unspecified atom stereocenters. The van der Waals surface area contributed by atoms with E-state index in [1.54, 1.807) is 4.90 Å². The Labute approximate surface area is 140 Å². The van der Waals surface area contributed by atoms with Crippen LogP contribution in [0.4, 0.5) is 0 Å². The van der Waals surface area contributed by atoms with E-state index in [4.69, 9.17) is 9.52 Å². The van der Waals surface area contributed by atoms with Crippen LogP contribution in [0.5, 0.6) is 0 Å². The van der Waals surface area contributed by atoms with Crippen LogP contribution in [0, 0.1) is 5.92 Å². The fourth-order valence-corrected chi connectivity index (χ4v) is 3.16. The summed E-state index contributed by atoms with van der Waals surface area (Å²) in [5.41, 5.74) is 1.36. The smallest absolute Gasteiger partial charge is 0.338 e. The zero-order valence-electron chi connectivity index (χ0n) is 13.5. The summed E-state index contributed by atoms with van der Waals surface area (Å²) in [4.78, 5) is 25.0. The van der Waals surface area contributed by atoms with E-state index in [-0.39, 0.29) is 17.2 Å². The summed E-state index contributed by atoms with van der Waals surface area (Å²) in [7, 11) is 0. The molecule has 1 aromatic carbocycles. The average Bonchev–Trinajstić information content (AvgIpc) is 3.11. The Morgan fingerprint density at radius 3 is 2.50 bits per heavy atom. The summed E-state index contributed by atoms with van der Waals surface area (Å²) in [6, 6.07) is 11.7. The third-order valence-electron chi connectivity index (χ3n) is 4.64. The number of rotatable bonds is 5. The first-order valence-corrected chi connectivity index (χ1v) is 8.28. The van der Waals surface area contributed by atoms with Crippen molar-refractivity contribution >= 4 is 11.9 Å². The van der Waals surface area contributed by atoms with E-state index in [0.717, 1.165) is 31.9 Å². The standard InChI is InChI=1S/C19H21NO4/c21-18(17-12-16(13-24-17)19(22)23)20-10-8-15(9-11-20)7-6-14-4-2-1-3-5-14/h1-5,12-13,15H,6-11H2,(H,22,23). The highest BCUT2D eigenvalue weighted by Crippen LogP contribution is 2.24. The summed E-state index contributed by atoms with van der Waals surface area (Å²) in [5, 5.41) is 8.89. The van der Waals surface area contributed by atoms with Gasteiger partial charge in [0.2, 0.25) is 0 Å². The Morgan fingerprint density at radius 1 is 1.17 bits per heavy atom. The number of furan rings is 1. The largest absolute Gasteiger partial charge is 0.478 e. The van der Waals surface area contributed by atoms with Crippen LogP contribution in [-0.4, -0.2) is 35.0 Å². The van der Waals surface area contributed by atoms with Crippen LogP contribution in [0.3, 0.4) is 0 Å². The molecule has 126 valence electrons. The number of carbonyl (C=O) groups excluding carboxylic acids is 1. The lowest BCUT2D eigenvalue weighted by Gasteiger charge is -2.31. The van der Waals surface area contributed by atoms with Gasteiger partial charge in [-0.1, -0.05) is 30.3 Å². The molecule has 3 rings (SSSR count). The van der Waals surface area contributed by atoms with E-state index in [9.17, 15) is 9.59 Å². The first-order chi connectivity index (χ1) is 11.6. The van der Waals surface area contributed by atoms with E-state index >= 15 is 0 Å². The number of benzene rings is 1. The van der Waals surface area contributed by atoms with Crippen LogP contribution in [0.25, 0.3) is 0 Å². The topological polar surface area (TPSA) is 70.7 Å². The number of carbonyl (C=O) groups is 2. The fraction of sp³-hybridized carbons (Fsp3) is 0.368. The van der Waals surface area contributed by atoms with Crippen molar-refractivity contribution in [2.45, 2.75) is 25.7 Å². The monoisotopic (exact) mass is 327 g/mol. The third-order valence-corrected chi connectivity index (χ3v) is 4.64. The molecule has 0 aliphatic carbocycles. The van der Waals surface area contributed by atoms with Crippen LogP contribution in [0.15, 0.2) is 47.1 Å². The van der Waals surface area contributed by atoms with Crippen molar-refractivity contribution in [2.24, 2.45) is 5.92 Å². The minimum absolute atomic E-state index is 0.0103. The number of carboxylic acid groups (broad SMARTS) is 1. The first kappa shape index (κ1) is 16.3. The van der Waals surface area contributed by atoms with E-state index in [1.165, 1.54) is 11.6 Å². The highest BCUT2D eigenvalue weighted by atomic mass is 16.4. The van der Waals surface area contributed by atoms with Crippen LogP contribution in [0.2, 0.25) is 0 Å². The number of piperidine rings is 1. The molecule has 2 heterocycles. The summed E-state index contributed by atoms with van der Waals surface area (Å²) in [5.74, 6) is -0.572. The van der Waals surface area contributed by atoms with Crippen molar-refractivity contribution in [3.05, 3.63) is 59.5 Å². The fourth-order valence-electron chi connectivity index (χ4n) is 3.16. The average molecular weight is 327 g/mol. The highest BCUT2D eigenvalue weighted by molar-refractivity contribution is 5.95. The number of nitrogens with zero attached hydrogens (tertiary/aromatic N) is 1. The van der Waals surface area contributed by atoms with Gasteiger partial charge in [0.25, 0.3) is 5.91 Å². The van der Waals surface area contributed by atoms with Crippen molar-refractivity contribution in [3.8, 4) is 0 Å². The molecule has 5 heteroatoms. The zero-order valence-corrected chi connectivity index (χ0v) is 13.5. The van der Waals surface area contributed by atoms with E-state index in [1.807, 2.05) is 6.07 Å². The summed E-state index contributed by atoms with van der Waals surface area (Å²) in [6.07, 6.45) is 5.27. The summed E-state index contributed by atoms with van der Waals surface area (Å²) >= 11 is 0. The van der Waals surface area contributed by atoms with Crippen LogP contribution >= 0.6 is 0 Å². The SMILES string of the molecule is O=C(O)c1coc(C(=O)N2CCC(CCc3ccccc3)CC2)c1. The Bertz CT molecular complexity index is 699. The number of likely N-dealkylation sites (tertiary alicyclic amines) is 1.